The molecule has 0 spiro atoms. The monoisotopic (exact) mass is 313 g/mol. The summed E-state index contributed by atoms with van der Waals surface area (Å²) in [5.41, 5.74) is 3.38. The number of hydrogen-bond donors (Lipinski definition) is 2. The van der Waals surface area contributed by atoms with Gasteiger partial charge in [0.05, 0.1) is 30.8 Å². The smallest absolute Gasteiger partial charge is 0.153 e. The largest absolute Gasteiger partial charge is 0.501 e. The molecular weight excluding hydrogens is 290 g/mol. The van der Waals surface area contributed by atoms with Crippen LogP contribution < -0.4 is 10.6 Å². The molecule has 0 fully saturated rings. The maximum absolute atomic E-state index is 5.43. The van der Waals surface area contributed by atoms with E-state index < -0.39 is 0 Å². The molecular formula is C17H23N5O. The van der Waals surface area contributed by atoms with E-state index in [1.165, 1.54) is 18.6 Å². The third kappa shape index (κ3) is 2.78. The van der Waals surface area contributed by atoms with E-state index in [1.807, 2.05) is 0 Å². The molecule has 1 aliphatic carbocycles. The molecule has 2 aliphatic heterocycles. The van der Waals surface area contributed by atoms with Crippen molar-refractivity contribution in [3.63, 3.8) is 0 Å². The van der Waals surface area contributed by atoms with Crippen LogP contribution in [0.2, 0.25) is 0 Å². The van der Waals surface area contributed by atoms with Crippen molar-refractivity contribution in [3.05, 3.63) is 23.9 Å². The summed E-state index contributed by atoms with van der Waals surface area (Å²) in [5, 5.41) is 7.06. The summed E-state index contributed by atoms with van der Waals surface area (Å²) in [6.07, 6.45) is 9.45. The molecule has 6 heteroatoms. The Morgan fingerprint density at radius 1 is 1.30 bits per heavy atom. The number of rotatable bonds is 4. The number of nitrogens with one attached hydrogen (secondary N) is 2. The average Bonchev–Trinajstić information content (AvgIpc) is 2.99. The molecule has 0 saturated carbocycles. The first-order chi connectivity index (χ1) is 11.3. The van der Waals surface area contributed by atoms with Crippen molar-refractivity contribution in [2.45, 2.75) is 44.1 Å². The molecule has 3 heterocycles. The van der Waals surface area contributed by atoms with E-state index in [0.29, 0.717) is 6.04 Å². The lowest BCUT2D eigenvalue weighted by molar-refractivity contribution is 0.261. The number of hydrogen-bond acceptors (Lipinski definition) is 6. The third-order valence-electron chi connectivity index (χ3n) is 4.95. The predicted molar refractivity (Wildman–Crippen MR) is 91.2 cm³/mol. The molecule has 6 nitrogen and oxygen atoms in total. The molecule has 4 rings (SSSR count). The Balaban J connectivity index is 1.54. The molecule has 0 bridgehead atoms. The summed E-state index contributed by atoms with van der Waals surface area (Å²) >= 11 is 0. The lowest BCUT2D eigenvalue weighted by atomic mass is 9.89. The number of nitrogens with zero attached hydrogens (tertiary/aromatic N) is 3. The number of ether oxygens (including phenoxy) is 1. The molecule has 2 N–H and O–H groups in total. The van der Waals surface area contributed by atoms with E-state index in [-0.39, 0.29) is 5.92 Å². The fraction of sp³-hybridized carbons (Fsp3) is 0.588. The van der Waals surface area contributed by atoms with Crippen LogP contribution in [0.4, 0.5) is 11.5 Å². The first-order valence-corrected chi connectivity index (χ1v) is 8.47. The van der Waals surface area contributed by atoms with Gasteiger partial charge < -0.3 is 15.4 Å². The Morgan fingerprint density at radius 2 is 2.26 bits per heavy atom. The highest BCUT2D eigenvalue weighted by atomic mass is 16.5. The fourth-order valence-electron chi connectivity index (χ4n) is 3.68. The standard InChI is InChI=1S/C17H23N5O/c1-23-12-5-6-14-13(8-12)15-16(22-14)17(21-10-20-15)19-9-11-4-2-3-7-18-11/h8,10,13-14,22H,2-7,9H2,1H3,(H,19,20,21). The van der Waals surface area contributed by atoms with E-state index in [0.717, 1.165) is 55.3 Å². The van der Waals surface area contributed by atoms with Gasteiger partial charge in [-0.15, -0.1) is 0 Å². The van der Waals surface area contributed by atoms with Gasteiger partial charge in [-0.05, 0) is 31.8 Å². The molecule has 122 valence electrons. The number of allylic oxidation sites excluding steroid dienone is 1. The van der Waals surface area contributed by atoms with Crippen molar-refractivity contribution in [2.75, 3.05) is 30.8 Å². The quantitative estimate of drug-likeness (QED) is 0.894. The molecule has 23 heavy (non-hydrogen) atoms. The molecule has 3 aliphatic rings. The van der Waals surface area contributed by atoms with Crippen LogP contribution in [0.15, 0.2) is 23.2 Å². The lowest BCUT2D eigenvalue weighted by Gasteiger charge is -2.23. The first kappa shape index (κ1) is 14.5. The van der Waals surface area contributed by atoms with Gasteiger partial charge in [-0.1, -0.05) is 0 Å². The Hall–Kier alpha value is -2.11. The summed E-state index contributed by atoms with van der Waals surface area (Å²) in [6, 6.07) is 0.396. The van der Waals surface area contributed by atoms with Gasteiger partial charge in [0.2, 0.25) is 0 Å². The Labute approximate surface area is 136 Å². The molecule has 2 atom stereocenters. The van der Waals surface area contributed by atoms with Crippen LogP contribution in [0.25, 0.3) is 0 Å². The maximum atomic E-state index is 5.43. The van der Waals surface area contributed by atoms with Crippen molar-refractivity contribution in [1.82, 2.24) is 9.97 Å². The Morgan fingerprint density at radius 3 is 3.09 bits per heavy atom. The highest BCUT2D eigenvalue weighted by Gasteiger charge is 2.36. The number of aromatic nitrogens is 2. The van der Waals surface area contributed by atoms with Gasteiger partial charge in [0.25, 0.3) is 0 Å². The molecule has 1 aromatic heterocycles. The average molecular weight is 313 g/mol. The van der Waals surface area contributed by atoms with Gasteiger partial charge in [-0.2, -0.15) is 0 Å². The fourth-order valence-corrected chi connectivity index (χ4v) is 3.68. The molecule has 2 unspecified atom stereocenters. The number of methoxy groups -OCH3 is 1. The van der Waals surface area contributed by atoms with Crippen LogP contribution in [-0.2, 0) is 4.74 Å². The molecule has 0 amide bonds. The van der Waals surface area contributed by atoms with Gasteiger partial charge in [-0.25, -0.2) is 9.97 Å². The van der Waals surface area contributed by atoms with Crippen LogP contribution in [0, 0.1) is 0 Å². The molecule has 0 aromatic carbocycles. The summed E-state index contributed by atoms with van der Waals surface area (Å²) in [6.45, 7) is 1.74. The van der Waals surface area contributed by atoms with Gasteiger partial charge in [-0.3, -0.25) is 4.99 Å². The van der Waals surface area contributed by atoms with Crippen molar-refractivity contribution < 1.29 is 4.74 Å². The summed E-state index contributed by atoms with van der Waals surface area (Å²) in [7, 11) is 1.74. The molecule has 1 aromatic rings. The SMILES string of the molecule is COC1=CC2c3ncnc(NCC4=NCCCC4)c3NC2CC1. The normalized spacial score (nSPS) is 25.6. The summed E-state index contributed by atoms with van der Waals surface area (Å²) in [4.78, 5) is 13.6. The summed E-state index contributed by atoms with van der Waals surface area (Å²) in [5.74, 6) is 2.24. The van der Waals surface area contributed by atoms with Crippen LogP contribution in [0.5, 0.6) is 0 Å². The van der Waals surface area contributed by atoms with Crippen molar-refractivity contribution in [1.29, 1.82) is 0 Å². The minimum absolute atomic E-state index is 0.282. The Kier molecular flexibility index (Phi) is 3.89. The number of aliphatic imine (C=N–C) groups is 1. The summed E-state index contributed by atoms with van der Waals surface area (Å²) < 4.78 is 5.43. The van der Waals surface area contributed by atoms with E-state index in [9.17, 15) is 0 Å². The van der Waals surface area contributed by atoms with Crippen molar-refractivity contribution in [3.8, 4) is 0 Å². The van der Waals surface area contributed by atoms with Crippen molar-refractivity contribution >= 4 is 17.2 Å². The van der Waals surface area contributed by atoms with Crippen LogP contribution >= 0.6 is 0 Å². The highest BCUT2D eigenvalue weighted by Crippen LogP contribution is 2.43. The second-order valence-electron chi connectivity index (χ2n) is 6.39. The maximum Gasteiger partial charge on any atom is 0.153 e. The van der Waals surface area contributed by atoms with Gasteiger partial charge in [0.15, 0.2) is 5.82 Å². The predicted octanol–water partition coefficient (Wildman–Crippen LogP) is 2.72. The van der Waals surface area contributed by atoms with E-state index >= 15 is 0 Å². The van der Waals surface area contributed by atoms with Crippen LogP contribution in [0.1, 0.15) is 43.7 Å². The van der Waals surface area contributed by atoms with Gasteiger partial charge >= 0.3 is 0 Å². The second kappa shape index (κ2) is 6.18. The van der Waals surface area contributed by atoms with Gasteiger partial charge in [0.1, 0.15) is 6.33 Å². The Bertz CT molecular complexity index is 654. The zero-order chi connectivity index (χ0) is 15.6. The number of fused-ring (bicyclic) bond motifs is 3. The van der Waals surface area contributed by atoms with Crippen LogP contribution in [0.3, 0.4) is 0 Å². The molecule has 0 saturated heterocycles. The van der Waals surface area contributed by atoms with E-state index in [1.54, 1.807) is 13.4 Å². The first-order valence-electron chi connectivity index (χ1n) is 8.47. The van der Waals surface area contributed by atoms with E-state index in [4.69, 9.17) is 4.74 Å². The van der Waals surface area contributed by atoms with E-state index in [2.05, 4.69) is 31.7 Å². The topological polar surface area (TPSA) is 71.4 Å². The minimum atomic E-state index is 0.282. The zero-order valence-corrected chi connectivity index (χ0v) is 13.5. The number of anilines is 2. The minimum Gasteiger partial charge on any atom is -0.501 e. The zero-order valence-electron chi connectivity index (χ0n) is 13.5. The van der Waals surface area contributed by atoms with Gasteiger partial charge in [0, 0.05) is 30.6 Å². The second-order valence-corrected chi connectivity index (χ2v) is 6.39. The highest BCUT2D eigenvalue weighted by molar-refractivity contribution is 5.89. The van der Waals surface area contributed by atoms with Crippen LogP contribution in [-0.4, -0.2) is 41.9 Å². The van der Waals surface area contributed by atoms with Crippen molar-refractivity contribution in [2.24, 2.45) is 4.99 Å². The molecule has 0 radical (unpaired) electrons. The lowest BCUT2D eigenvalue weighted by Crippen LogP contribution is -2.23. The third-order valence-corrected chi connectivity index (χ3v) is 4.95.